The average Bonchev–Trinajstić information content (AvgIpc) is 2.85. The van der Waals surface area contributed by atoms with E-state index in [0.29, 0.717) is 5.92 Å². The molecular formula is C15H17BrN2S. The van der Waals surface area contributed by atoms with Gasteiger partial charge in [0.05, 0.1) is 0 Å². The molecule has 0 amide bonds. The van der Waals surface area contributed by atoms with Crippen molar-refractivity contribution in [1.29, 1.82) is 0 Å². The van der Waals surface area contributed by atoms with Gasteiger partial charge in [-0.3, -0.25) is 0 Å². The summed E-state index contributed by atoms with van der Waals surface area (Å²) in [6.07, 6.45) is 0. The molecule has 0 aliphatic carbocycles. The van der Waals surface area contributed by atoms with Gasteiger partial charge in [-0.15, -0.1) is 11.3 Å². The first-order chi connectivity index (χ1) is 9.33. The van der Waals surface area contributed by atoms with Gasteiger partial charge in [-0.05, 0) is 33.1 Å². The van der Waals surface area contributed by atoms with Crippen LogP contribution in [-0.2, 0) is 13.1 Å². The smallest absolute Gasteiger partial charge is 0.0300 e. The number of benzene rings is 1. The van der Waals surface area contributed by atoms with Crippen molar-refractivity contribution in [2.75, 3.05) is 13.1 Å². The highest BCUT2D eigenvalue weighted by Crippen LogP contribution is 2.23. The fourth-order valence-electron chi connectivity index (χ4n) is 2.58. The third-order valence-electron chi connectivity index (χ3n) is 3.51. The Morgan fingerprint density at radius 1 is 1.37 bits per heavy atom. The Labute approximate surface area is 126 Å². The molecule has 2 nitrogen and oxygen atoms in total. The first-order valence-electron chi connectivity index (χ1n) is 6.55. The van der Waals surface area contributed by atoms with Crippen LogP contribution in [0.1, 0.15) is 21.9 Å². The third kappa shape index (κ3) is 3.26. The zero-order valence-electron chi connectivity index (χ0n) is 10.7. The summed E-state index contributed by atoms with van der Waals surface area (Å²) < 4.78 is 1.18. The van der Waals surface area contributed by atoms with Gasteiger partial charge in [-0.25, -0.2) is 0 Å². The molecule has 2 heterocycles. The van der Waals surface area contributed by atoms with Crippen LogP contribution in [0.4, 0.5) is 0 Å². The van der Waals surface area contributed by atoms with Crippen molar-refractivity contribution in [3.63, 3.8) is 0 Å². The summed E-state index contributed by atoms with van der Waals surface area (Å²) in [6, 6.07) is 11.0. The summed E-state index contributed by atoms with van der Waals surface area (Å²) in [6.45, 7) is 4.05. The van der Waals surface area contributed by atoms with Gasteiger partial charge < -0.3 is 10.6 Å². The zero-order chi connectivity index (χ0) is 13.1. The molecule has 1 aliphatic rings. The molecule has 2 aromatic rings. The van der Waals surface area contributed by atoms with Gasteiger partial charge in [0.25, 0.3) is 0 Å². The van der Waals surface area contributed by atoms with Crippen molar-refractivity contribution < 1.29 is 0 Å². The predicted octanol–water partition coefficient (Wildman–Crippen LogP) is 3.49. The van der Waals surface area contributed by atoms with E-state index >= 15 is 0 Å². The largest absolute Gasteiger partial charge is 0.312 e. The molecule has 100 valence electrons. The molecule has 1 aliphatic heterocycles. The Hall–Kier alpha value is -0.680. The highest BCUT2D eigenvalue weighted by molar-refractivity contribution is 9.10. The van der Waals surface area contributed by atoms with Crippen LogP contribution in [0.5, 0.6) is 0 Å². The highest BCUT2D eigenvalue weighted by Gasteiger charge is 2.18. The van der Waals surface area contributed by atoms with E-state index in [1.54, 1.807) is 11.3 Å². The molecule has 0 bridgehead atoms. The van der Waals surface area contributed by atoms with Crippen molar-refractivity contribution >= 4 is 27.3 Å². The van der Waals surface area contributed by atoms with E-state index in [1.165, 1.54) is 20.5 Å². The summed E-state index contributed by atoms with van der Waals surface area (Å²) >= 11 is 5.29. The molecular weight excluding hydrogens is 320 g/mol. The topological polar surface area (TPSA) is 24.1 Å². The van der Waals surface area contributed by atoms with Crippen molar-refractivity contribution in [3.8, 4) is 0 Å². The Bertz CT molecular complexity index is 553. The SMILES string of the molecule is Brc1csc(CNCC2CNCc3ccccc32)c1. The normalized spacial score (nSPS) is 18.3. The maximum Gasteiger partial charge on any atom is 0.0300 e. The van der Waals surface area contributed by atoms with Crippen LogP contribution in [0.2, 0.25) is 0 Å². The number of halogens is 1. The Morgan fingerprint density at radius 3 is 3.11 bits per heavy atom. The van der Waals surface area contributed by atoms with Gasteiger partial charge >= 0.3 is 0 Å². The van der Waals surface area contributed by atoms with E-state index in [1.807, 2.05) is 0 Å². The minimum atomic E-state index is 0.577. The molecule has 1 atom stereocenters. The third-order valence-corrected chi connectivity index (χ3v) is 5.21. The van der Waals surface area contributed by atoms with Gasteiger partial charge in [0.15, 0.2) is 0 Å². The number of rotatable bonds is 4. The fraction of sp³-hybridized carbons (Fsp3) is 0.333. The quantitative estimate of drug-likeness (QED) is 0.893. The minimum absolute atomic E-state index is 0.577. The number of thiophene rings is 1. The molecule has 19 heavy (non-hydrogen) atoms. The standard InChI is InChI=1S/C15H17BrN2S/c16-13-5-14(19-10-13)9-18-8-12-7-17-6-11-3-1-2-4-15(11)12/h1-5,10,12,17-18H,6-9H2. The number of hydrogen-bond acceptors (Lipinski definition) is 3. The van der Waals surface area contributed by atoms with Crippen LogP contribution in [0.3, 0.4) is 0 Å². The molecule has 0 saturated carbocycles. The Morgan fingerprint density at radius 2 is 2.26 bits per heavy atom. The van der Waals surface area contributed by atoms with E-state index < -0.39 is 0 Å². The lowest BCUT2D eigenvalue weighted by Crippen LogP contribution is -2.34. The van der Waals surface area contributed by atoms with Crippen molar-refractivity contribution in [2.45, 2.75) is 19.0 Å². The Balaban J connectivity index is 1.59. The second kappa shape index (κ2) is 6.18. The molecule has 0 fully saturated rings. The molecule has 0 spiro atoms. The average molecular weight is 337 g/mol. The van der Waals surface area contributed by atoms with Gasteiger partial charge in [0.1, 0.15) is 0 Å². The fourth-order valence-corrected chi connectivity index (χ4v) is 4.00. The van der Waals surface area contributed by atoms with Crippen LogP contribution in [0, 0.1) is 0 Å². The van der Waals surface area contributed by atoms with Crippen LogP contribution >= 0.6 is 27.3 Å². The number of hydrogen-bond donors (Lipinski definition) is 2. The van der Waals surface area contributed by atoms with Gasteiger partial charge in [-0.2, -0.15) is 0 Å². The molecule has 0 saturated heterocycles. The van der Waals surface area contributed by atoms with Crippen LogP contribution in [0.25, 0.3) is 0 Å². The van der Waals surface area contributed by atoms with Gasteiger partial charge in [-0.1, -0.05) is 24.3 Å². The first kappa shape index (κ1) is 13.3. The molecule has 1 aromatic heterocycles. The van der Waals surface area contributed by atoms with E-state index in [0.717, 1.165) is 26.2 Å². The molecule has 2 N–H and O–H groups in total. The van der Waals surface area contributed by atoms with E-state index in [2.05, 4.69) is 62.3 Å². The summed E-state index contributed by atoms with van der Waals surface area (Å²) in [5, 5.41) is 9.21. The molecule has 3 rings (SSSR count). The zero-order valence-corrected chi connectivity index (χ0v) is 13.1. The van der Waals surface area contributed by atoms with Crippen LogP contribution in [0.15, 0.2) is 40.2 Å². The summed E-state index contributed by atoms with van der Waals surface area (Å²) in [5.41, 5.74) is 2.94. The van der Waals surface area contributed by atoms with E-state index in [4.69, 9.17) is 0 Å². The molecule has 4 heteroatoms. The Kier molecular flexibility index (Phi) is 4.33. The lowest BCUT2D eigenvalue weighted by atomic mass is 9.91. The maximum atomic E-state index is 3.58. The monoisotopic (exact) mass is 336 g/mol. The van der Waals surface area contributed by atoms with Gasteiger partial charge in [0, 0.05) is 46.8 Å². The number of fused-ring (bicyclic) bond motifs is 1. The first-order valence-corrected chi connectivity index (χ1v) is 8.22. The summed E-state index contributed by atoms with van der Waals surface area (Å²) in [5.74, 6) is 0.577. The second-order valence-electron chi connectivity index (χ2n) is 4.89. The van der Waals surface area contributed by atoms with Gasteiger partial charge in [0.2, 0.25) is 0 Å². The number of nitrogens with one attached hydrogen (secondary N) is 2. The molecule has 1 unspecified atom stereocenters. The highest BCUT2D eigenvalue weighted by atomic mass is 79.9. The van der Waals surface area contributed by atoms with Crippen LogP contribution in [-0.4, -0.2) is 13.1 Å². The van der Waals surface area contributed by atoms with Crippen molar-refractivity contribution in [3.05, 3.63) is 56.2 Å². The molecule has 0 radical (unpaired) electrons. The second-order valence-corrected chi connectivity index (χ2v) is 6.80. The van der Waals surface area contributed by atoms with E-state index in [-0.39, 0.29) is 0 Å². The van der Waals surface area contributed by atoms with E-state index in [9.17, 15) is 0 Å². The van der Waals surface area contributed by atoms with Crippen molar-refractivity contribution in [1.82, 2.24) is 10.6 Å². The van der Waals surface area contributed by atoms with Crippen LogP contribution < -0.4 is 10.6 Å². The lowest BCUT2D eigenvalue weighted by Gasteiger charge is -2.26. The predicted molar refractivity (Wildman–Crippen MR) is 84.6 cm³/mol. The lowest BCUT2D eigenvalue weighted by molar-refractivity contribution is 0.504. The summed E-state index contributed by atoms with van der Waals surface area (Å²) in [7, 11) is 0. The minimum Gasteiger partial charge on any atom is -0.312 e. The maximum absolute atomic E-state index is 3.58. The summed E-state index contributed by atoms with van der Waals surface area (Å²) in [4.78, 5) is 1.38. The molecule has 1 aromatic carbocycles. The van der Waals surface area contributed by atoms with Crippen molar-refractivity contribution in [2.24, 2.45) is 0 Å².